The van der Waals surface area contributed by atoms with Gasteiger partial charge in [0.2, 0.25) is 0 Å². The number of allylic oxidation sites excluding steroid dienone is 6. The lowest BCUT2D eigenvalue weighted by Crippen LogP contribution is -1.80. The Hall–Kier alpha value is -1.04. The lowest BCUT2D eigenvalue weighted by molar-refractivity contribution is 1.13. The van der Waals surface area contributed by atoms with Crippen LogP contribution >= 0.6 is 0 Å². The smallest absolute Gasteiger partial charge is 0.00603 e. The molecule has 0 nitrogen and oxygen atoms in total. The quantitative estimate of drug-likeness (QED) is 0.506. The monoisotopic (exact) mass is 158 g/mol. The molecule has 0 atom stereocenters. The fraction of sp³-hybridized carbons (Fsp3) is 0.333. The van der Waals surface area contributed by atoms with Gasteiger partial charge in [0.25, 0.3) is 0 Å². The Morgan fingerprint density at radius 1 is 0.833 bits per heavy atom. The second-order valence-electron chi connectivity index (χ2n) is 3.87. The highest BCUT2D eigenvalue weighted by Gasteiger charge is 2.28. The van der Waals surface area contributed by atoms with E-state index in [1.807, 2.05) is 0 Å². The summed E-state index contributed by atoms with van der Waals surface area (Å²) in [6, 6.07) is 0. The van der Waals surface area contributed by atoms with Crippen LogP contribution in [0.4, 0.5) is 0 Å². The van der Waals surface area contributed by atoms with Crippen LogP contribution in [-0.2, 0) is 0 Å². The average molecular weight is 158 g/mol. The molecule has 0 saturated heterocycles. The molecule has 0 fully saturated rings. The second kappa shape index (κ2) is 2.22. The van der Waals surface area contributed by atoms with Gasteiger partial charge in [-0.3, -0.25) is 0 Å². The Bertz CT molecular complexity index is 312. The fourth-order valence-electron chi connectivity index (χ4n) is 2.38. The lowest BCUT2D eigenvalue weighted by atomic mass is 10.1. The third-order valence-corrected chi connectivity index (χ3v) is 2.77. The maximum Gasteiger partial charge on any atom is -0.00603 e. The predicted octanol–water partition coefficient (Wildman–Crippen LogP) is 3.54. The minimum Gasteiger partial charge on any atom is -0.0949 e. The molecule has 0 aliphatic heterocycles. The molecule has 0 radical (unpaired) electrons. The minimum atomic E-state index is 1.06. The molecule has 2 aliphatic rings. The van der Waals surface area contributed by atoms with Gasteiger partial charge < -0.3 is 0 Å². The van der Waals surface area contributed by atoms with Crippen LogP contribution in [0.3, 0.4) is 0 Å². The molecule has 0 bridgehead atoms. The number of hydrogen-bond donors (Lipinski definition) is 0. The molecule has 0 aromatic heterocycles. The number of fused-ring (bicyclic) bond motifs is 1. The molecule has 0 amide bonds. The maximum absolute atomic E-state index is 4.09. The molecule has 0 saturated carbocycles. The Morgan fingerprint density at radius 2 is 1.17 bits per heavy atom. The van der Waals surface area contributed by atoms with E-state index in [9.17, 15) is 0 Å². The van der Waals surface area contributed by atoms with E-state index >= 15 is 0 Å². The van der Waals surface area contributed by atoms with Crippen LogP contribution in [0.25, 0.3) is 0 Å². The molecule has 0 aromatic rings. The van der Waals surface area contributed by atoms with Crippen LogP contribution in [0.5, 0.6) is 0 Å². The molecular formula is C12H14. The van der Waals surface area contributed by atoms with Gasteiger partial charge in [-0.15, -0.1) is 0 Å². The van der Waals surface area contributed by atoms with Gasteiger partial charge in [0.05, 0.1) is 0 Å². The summed E-state index contributed by atoms with van der Waals surface area (Å²) in [5.74, 6) is 0. The Kier molecular flexibility index (Phi) is 1.41. The zero-order valence-corrected chi connectivity index (χ0v) is 7.83. The van der Waals surface area contributed by atoms with Crippen LogP contribution in [-0.4, -0.2) is 0 Å². The highest BCUT2D eigenvalue weighted by molar-refractivity contribution is 5.69. The molecule has 0 aromatic carbocycles. The van der Waals surface area contributed by atoms with Crippen molar-refractivity contribution in [1.82, 2.24) is 0 Å². The van der Waals surface area contributed by atoms with Crippen molar-refractivity contribution >= 4 is 0 Å². The minimum absolute atomic E-state index is 1.06. The van der Waals surface area contributed by atoms with E-state index in [-0.39, 0.29) is 0 Å². The van der Waals surface area contributed by atoms with Crippen LogP contribution < -0.4 is 0 Å². The van der Waals surface area contributed by atoms with E-state index in [2.05, 4.69) is 27.0 Å². The van der Waals surface area contributed by atoms with Crippen molar-refractivity contribution in [2.45, 2.75) is 26.7 Å². The number of rotatable bonds is 0. The van der Waals surface area contributed by atoms with Crippen LogP contribution in [0.1, 0.15) is 26.7 Å². The summed E-state index contributed by atoms with van der Waals surface area (Å²) in [6.45, 7) is 12.6. The summed E-state index contributed by atoms with van der Waals surface area (Å²) in [5, 5.41) is 0. The van der Waals surface area contributed by atoms with Crippen LogP contribution in [0.15, 0.2) is 46.6 Å². The summed E-state index contributed by atoms with van der Waals surface area (Å²) >= 11 is 0. The van der Waals surface area contributed by atoms with E-state index in [1.165, 1.54) is 33.4 Å². The third-order valence-electron chi connectivity index (χ3n) is 2.77. The third kappa shape index (κ3) is 0.781. The van der Waals surface area contributed by atoms with Gasteiger partial charge in [-0.1, -0.05) is 24.3 Å². The van der Waals surface area contributed by atoms with E-state index in [4.69, 9.17) is 0 Å². The summed E-state index contributed by atoms with van der Waals surface area (Å²) < 4.78 is 0. The molecule has 0 N–H and O–H groups in total. The number of hydrogen-bond acceptors (Lipinski definition) is 0. The Morgan fingerprint density at radius 3 is 1.50 bits per heavy atom. The van der Waals surface area contributed by atoms with Crippen molar-refractivity contribution in [3.05, 3.63) is 46.6 Å². The summed E-state index contributed by atoms with van der Waals surface area (Å²) in [6.07, 6.45) is 2.11. The van der Waals surface area contributed by atoms with Crippen molar-refractivity contribution < 1.29 is 0 Å². The SMILES string of the molecule is C=C1CC(C)=C2C(=C)CC(C)=C12. The molecule has 0 spiro atoms. The first-order valence-electron chi connectivity index (χ1n) is 4.37. The summed E-state index contributed by atoms with van der Waals surface area (Å²) in [4.78, 5) is 0. The van der Waals surface area contributed by atoms with Gasteiger partial charge >= 0.3 is 0 Å². The Balaban J connectivity index is 2.64. The maximum atomic E-state index is 4.09. The normalized spacial score (nSPS) is 22.8. The highest BCUT2D eigenvalue weighted by atomic mass is 14.3. The van der Waals surface area contributed by atoms with Crippen molar-refractivity contribution in [2.24, 2.45) is 0 Å². The van der Waals surface area contributed by atoms with Gasteiger partial charge in [0.1, 0.15) is 0 Å². The lowest BCUT2D eigenvalue weighted by Gasteiger charge is -1.98. The zero-order valence-electron chi connectivity index (χ0n) is 7.83. The Labute approximate surface area is 74.0 Å². The molecule has 2 rings (SSSR count). The second-order valence-corrected chi connectivity index (χ2v) is 3.87. The first-order chi connectivity index (χ1) is 5.61. The molecule has 12 heavy (non-hydrogen) atoms. The molecule has 2 aliphatic carbocycles. The van der Waals surface area contributed by atoms with E-state index < -0.39 is 0 Å². The zero-order chi connectivity index (χ0) is 8.88. The predicted molar refractivity (Wildman–Crippen MR) is 52.9 cm³/mol. The van der Waals surface area contributed by atoms with Gasteiger partial charge in [-0.05, 0) is 49.0 Å². The van der Waals surface area contributed by atoms with Crippen molar-refractivity contribution in [1.29, 1.82) is 0 Å². The van der Waals surface area contributed by atoms with E-state index in [0.29, 0.717) is 0 Å². The van der Waals surface area contributed by atoms with Crippen molar-refractivity contribution in [3.8, 4) is 0 Å². The van der Waals surface area contributed by atoms with E-state index in [0.717, 1.165) is 12.8 Å². The molecular weight excluding hydrogens is 144 g/mol. The van der Waals surface area contributed by atoms with Crippen molar-refractivity contribution in [3.63, 3.8) is 0 Å². The fourth-order valence-corrected chi connectivity index (χ4v) is 2.38. The standard InChI is InChI=1S/C12H14/c1-7-5-8(2)12-10(4)6-9(3)11(7)12/h1,4-6H2,2-3H3. The van der Waals surface area contributed by atoms with Crippen molar-refractivity contribution in [2.75, 3.05) is 0 Å². The van der Waals surface area contributed by atoms with Gasteiger partial charge in [0, 0.05) is 0 Å². The summed E-state index contributed by atoms with van der Waals surface area (Å²) in [5.41, 5.74) is 8.32. The van der Waals surface area contributed by atoms with Gasteiger partial charge in [-0.2, -0.15) is 0 Å². The molecule has 0 heterocycles. The van der Waals surface area contributed by atoms with Gasteiger partial charge in [-0.25, -0.2) is 0 Å². The first kappa shape index (κ1) is 7.60. The van der Waals surface area contributed by atoms with Crippen LogP contribution in [0, 0.1) is 0 Å². The van der Waals surface area contributed by atoms with E-state index in [1.54, 1.807) is 0 Å². The first-order valence-corrected chi connectivity index (χ1v) is 4.37. The average Bonchev–Trinajstić information content (AvgIpc) is 2.38. The largest absolute Gasteiger partial charge is 0.0949 e. The summed E-state index contributed by atoms with van der Waals surface area (Å²) in [7, 11) is 0. The highest BCUT2D eigenvalue weighted by Crippen LogP contribution is 2.47. The van der Waals surface area contributed by atoms with Gasteiger partial charge in [0.15, 0.2) is 0 Å². The van der Waals surface area contributed by atoms with Crippen LogP contribution in [0.2, 0.25) is 0 Å². The molecule has 0 unspecified atom stereocenters. The molecule has 62 valence electrons. The topological polar surface area (TPSA) is 0 Å². The molecule has 0 heteroatoms.